The molecule has 0 radical (unpaired) electrons. The third-order valence-corrected chi connectivity index (χ3v) is 7.18. The molecule has 4 unspecified atom stereocenters. The largest absolute Gasteiger partial charge is 0.493 e. The number of amides is 1. The predicted octanol–water partition coefficient (Wildman–Crippen LogP) is 4.73. The van der Waals surface area contributed by atoms with Crippen LogP contribution in [0.1, 0.15) is 43.5 Å². The summed E-state index contributed by atoms with van der Waals surface area (Å²) >= 11 is 0. The average Bonchev–Trinajstić information content (AvgIpc) is 3.14. The Morgan fingerprint density at radius 1 is 1.25 bits per heavy atom. The van der Waals surface area contributed by atoms with Crippen LogP contribution in [0.4, 0.5) is 4.39 Å². The second-order valence-corrected chi connectivity index (χ2v) is 9.30. The summed E-state index contributed by atoms with van der Waals surface area (Å²) in [4.78, 5) is 30.0. The van der Waals surface area contributed by atoms with Crippen LogP contribution in [0.2, 0.25) is 0 Å². The highest BCUT2D eigenvalue weighted by Gasteiger charge is 2.38. The van der Waals surface area contributed by atoms with Gasteiger partial charge in [-0.1, -0.05) is 37.6 Å². The number of Topliss-reactive ketones (excluding diaryl/α,β-unsaturated/α-hetero) is 1. The lowest BCUT2D eigenvalue weighted by atomic mass is 9.83. The number of benzene rings is 1. The molecule has 1 aromatic heterocycles. The van der Waals surface area contributed by atoms with Crippen molar-refractivity contribution < 1.29 is 23.5 Å². The van der Waals surface area contributed by atoms with Crippen molar-refractivity contribution in [3.8, 4) is 0 Å². The molecule has 1 aromatic carbocycles. The van der Waals surface area contributed by atoms with Gasteiger partial charge in [0, 0.05) is 31.1 Å². The zero-order valence-electron chi connectivity index (χ0n) is 21.2. The number of pyridine rings is 1. The van der Waals surface area contributed by atoms with E-state index in [1.54, 1.807) is 18.3 Å². The zero-order valence-corrected chi connectivity index (χ0v) is 21.2. The van der Waals surface area contributed by atoms with Crippen LogP contribution in [0.15, 0.2) is 71.7 Å². The van der Waals surface area contributed by atoms with E-state index in [-0.39, 0.29) is 35.1 Å². The first-order valence-electron chi connectivity index (χ1n) is 12.0. The van der Waals surface area contributed by atoms with Crippen molar-refractivity contribution >= 4 is 17.3 Å². The van der Waals surface area contributed by atoms with E-state index in [0.29, 0.717) is 6.54 Å². The van der Waals surface area contributed by atoms with Crippen LogP contribution in [0.5, 0.6) is 0 Å². The highest BCUT2D eigenvalue weighted by molar-refractivity contribution is 6.00. The Bertz CT molecular complexity index is 1270. The molecule has 0 saturated carbocycles. The molecule has 0 spiro atoms. The zero-order chi connectivity index (χ0) is 26.0. The van der Waals surface area contributed by atoms with Gasteiger partial charge in [-0.05, 0) is 59.5 Å². The maximum Gasteiger partial charge on any atom is 0.226 e. The molecule has 1 N–H and O–H groups in total. The molecule has 0 aliphatic heterocycles. The Morgan fingerprint density at radius 2 is 2.03 bits per heavy atom. The number of allylic oxidation sites excluding steroid dienone is 4. The number of aromatic nitrogens is 1. The number of hydrogen-bond donors (Lipinski definition) is 1. The minimum Gasteiger partial charge on any atom is -0.493 e. The van der Waals surface area contributed by atoms with E-state index >= 15 is 0 Å². The minimum atomic E-state index is -0.654. The van der Waals surface area contributed by atoms with Gasteiger partial charge in [0.05, 0.1) is 19.3 Å². The van der Waals surface area contributed by atoms with Crippen LogP contribution >= 0.6 is 0 Å². The monoisotopic (exact) mass is 490 g/mol. The Balaban J connectivity index is 1.71. The van der Waals surface area contributed by atoms with Crippen LogP contribution in [0.25, 0.3) is 5.57 Å². The molecule has 4 atom stereocenters. The van der Waals surface area contributed by atoms with Gasteiger partial charge in [-0.3, -0.25) is 14.6 Å². The van der Waals surface area contributed by atoms with Crippen molar-refractivity contribution in [2.45, 2.75) is 39.3 Å². The minimum absolute atomic E-state index is 0.133. The number of nitrogens with one attached hydrogen (secondary N) is 1. The Hall–Kier alpha value is -3.58. The SMILES string of the molecule is COC1=CC(=CC2=C(C)C(C(C)C(=O)NCc3ccccn3)c3cc(F)ccc32)C(C)C(OC)C1=O. The van der Waals surface area contributed by atoms with Gasteiger partial charge in [-0.25, -0.2) is 4.39 Å². The lowest BCUT2D eigenvalue weighted by molar-refractivity contribution is -0.130. The first-order chi connectivity index (χ1) is 17.3. The molecule has 1 heterocycles. The number of halogens is 1. The third kappa shape index (κ3) is 4.75. The highest BCUT2D eigenvalue weighted by Crippen LogP contribution is 2.47. The molecule has 1 amide bonds. The van der Waals surface area contributed by atoms with E-state index in [1.807, 2.05) is 45.0 Å². The van der Waals surface area contributed by atoms with Crippen molar-refractivity contribution in [2.75, 3.05) is 14.2 Å². The first-order valence-corrected chi connectivity index (χ1v) is 12.0. The fraction of sp³-hybridized carbons (Fsp3) is 0.345. The Labute approximate surface area is 210 Å². The highest BCUT2D eigenvalue weighted by atomic mass is 19.1. The molecule has 0 fully saturated rings. The summed E-state index contributed by atoms with van der Waals surface area (Å²) in [6.45, 7) is 6.09. The van der Waals surface area contributed by atoms with Gasteiger partial charge in [0.2, 0.25) is 11.7 Å². The van der Waals surface area contributed by atoms with E-state index in [2.05, 4.69) is 10.3 Å². The van der Waals surface area contributed by atoms with E-state index in [4.69, 9.17) is 9.47 Å². The third-order valence-electron chi connectivity index (χ3n) is 7.18. The summed E-state index contributed by atoms with van der Waals surface area (Å²) in [6, 6.07) is 10.3. The van der Waals surface area contributed by atoms with Gasteiger partial charge in [0.1, 0.15) is 11.9 Å². The standard InChI is InChI=1S/C29H31FN2O4/c1-16-19(13-25(35-4)27(33)28(16)36-5)12-23-17(2)26(24-14-20(30)9-10-22(23)24)18(3)29(34)32-15-21-8-6-7-11-31-21/h6-14,16,18,26,28H,15H2,1-5H3,(H,32,34). The number of carbonyl (C=O) groups excluding carboxylic acids is 2. The quantitative estimate of drug-likeness (QED) is 0.607. The van der Waals surface area contributed by atoms with Gasteiger partial charge in [-0.2, -0.15) is 0 Å². The molecular weight excluding hydrogens is 459 g/mol. The molecule has 2 aliphatic rings. The Kier molecular flexibility index (Phi) is 7.50. The predicted molar refractivity (Wildman–Crippen MR) is 135 cm³/mol. The van der Waals surface area contributed by atoms with E-state index in [0.717, 1.165) is 33.5 Å². The fourth-order valence-electron chi connectivity index (χ4n) is 5.18. The van der Waals surface area contributed by atoms with Crippen LogP contribution in [-0.2, 0) is 25.6 Å². The maximum atomic E-state index is 14.4. The lowest BCUT2D eigenvalue weighted by Gasteiger charge is -2.28. The fourth-order valence-corrected chi connectivity index (χ4v) is 5.18. The topological polar surface area (TPSA) is 77.5 Å². The molecule has 2 aliphatic carbocycles. The molecule has 0 bridgehead atoms. The summed E-state index contributed by atoms with van der Waals surface area (Å²) in [5.74, 6) is -1.38. The number of hydrogen-bond acceptors (Lipinski definition) is 5. The maximum absolute atomic E-state index is 14.4. The summed E-state index contributed by atoms with van der Waals surface area (Å²) in [5, 5.41) is 2.96. The summed E-state index contributed by atoms with van der Waals surface area (Å²) in [6.07, 6.45) is 4.78. The summed E-state index contributed by atoms with van der Waals surface area (Å²) in [5.41, 5.74) is 5.17. The summed E-state index contributed by atoms with van der Waals surface area (Å²) < 4.78 is 25.1. The van der Waals surface area contributed by atoms with Gasteiger partial charge >= 0.3 is 0 Å². The van der Waals surface area contributed by atoms with Crippen LogP contribution in [-0.4, -0.2) is 37.0 Å². The number of ether oxygens (including phenoxy) is 2. The van der Waals surface area contributed by atoms with Crippen molar-refractivity contribution in [3.05, 3.63) is 94.3 Å². The van der Waals surface area contributed by atoms with Crippen LogP contribution in [0.3, 0.4) is 0 Å². The second kappa shape index (κ2) is 10.6. The molecular formula is C29H31FN2O4. The average molecular weight is 491 g/mol. The van der Waals surface area contributed by atoms with Crippen molar-refractivity contribution in [1.82, 2.24) is 10.3 Å². The van der Waals surface area contributed by atoms with Gasteiger partial charge in [0.15, 0.2) is 5.76 Å². The summed E-state index contributed by atoms with van der Waals surface area (Å²) in [7, 11) is 2.97. The molecule has 188 valence electrons. The Morgan fingerprint density at radius 3 is 2.69 bits per heavy atom. The molecule has 4 rings (SSSR count). The molecule has 0 saturated heterocycles. The molecule has 6 nitrogen and oxygen atoms in total. The van der Waals surface area contributed by atoms with E-state index in [9.17, 15) is 14.0 Å². The van der Waals surface area contributed by atoms with Gasteiger partial charge in [0.25, 0.3) is 0 Å². The normalized spacial score (nSPS) is 23.4. The number of fused-ring (bicyclic) bond motifs is 1. The van der Waals surface area contributed by atoms with Gasteiger partial charge < -0.3 is 14.8 Å². The van der Waals surface area contributed by atoms with Crippen molar-refractivity contribution in [2.24, 2.45) is 11.8 Å². The number of carbonyl (C=O) groups is 2. The van der Waals surface area contributed by atoms with Crippen LogP contribution in [0, 0.1) is 17.7 Å². The first kappa shape index (κ1) is 25.5. The number of nitrogens with zero attached hydrogens (tertiary/aromatic N) is 1. The lowest BCUT2D eigenvalue weighted by Crippen LogP contribution is -2.36. The number of ketones is 1. The molecule has 7 heteroatoms. The number of rotatable bonds is 7. The smallest absolute Gasteiger partial charge is 0.226 e. The number of methoxy groups -OCH3 is 2. The van der Waals surface area contributed by atoms with Crippen molar-refractivity contribution in [1.29, 1.82) is 0 Å². The van der Waals surface area contributed by atoms with Gasteiger partial charge in [-0.15, -0.1) is 0 Å². The molecule has 2 aromatic rings. The van der Waals surface area contributed by atoms with E-state index in [1.165, 1.54) is 26.4 Å². The molecule has 36 heavy (non-hydrogen) atoms. The second-order valence-electron chi connectivity index (χ2n) is 9.30. The van der Waals surface area contributed by atoms with Crippen LogP contribution < -0.4 is 5.32 Å². The van der Waals surface area contributed by atoms with E-state index < -0.39 is 12.0 Å². The van der Waals surface area contributed by atoms with Crippen molar-refractivity contribution in [3.63, 3.8) is 0 Å².